The van der Waals surface area contributed by atoms with E-state index in [2.05, 4.69) is 0 Å². The molecule has 120 valence electrons. The van der Waals surface area contributed by atoms with Crippen LogP contribution in [0.4, 0.5) is 5.69 Å². The lowest BCUT2D eigenvalue weighted by atomic mass is 9.96. The van der Waals surface area contributed by atoms with E-state index in [1.165, 1.54) is 31.2 Å². The smallest absolute Gasteiger partial charge is 0.290 e. The number of benzene rings is 1. The summed E-state index contributed by atoms with van der Waals surface area (Å²) < 4.78 is 0. The molecule has 9 heteroatoms. The first kappa shape index (κ1) is 16.1. The lowest BCUT2D eigenvalue weighted by Gasteiger charge is -2.25. The van der Waals surface area contributed by atoms with Crippen LogP contribution in [0.15, 0.2) is 35.6 Å². The lowest BCUT2D eigenvalue weighted by molar-refractivity contribution is -0.384. The number of aliphatic hydroxyl groups excluding tert-OH is 1. The Kier molecular flexibility index (Phi) is 4.12. The Morgan fingerprint density at radius 3 is 2.35 bits per heavy atom. The fourth-order valence-corrected chi connectivity index (χ4v) is 2.47. The van der Waals surface area contributed by atoms with Crippen molar-refractivity contribution in [3.63, 3.8) is 0 Å². The molecule has 1 aromatic carbocycles. The molecule has 0 radical (unpaired) electrons. The first-order valence-corrected chi connectivity index (χ1v) is 6.51. The van der Waals surface area contributed by atoms with Gasteiger partial charge in [-0.25, -0.2) is 0 Å². The van der Waals surface area contributed by atoms with Crippen LogP contribution in [-0.4, -0.2) is 39.1 Å². The number of Topliss-reactive ketones (excluding diaryl/α,β-unsaturated/α-hetero) is 1. The van der Waals surface area contributed by atoms with Gasteiger partial charge in [-0.3, -0.25) is 24.5 Å². The highest BCUT2D eigenvalue weighted by atomic mass is 16.6. The van der Waals surface area contributed by atoms with Gasteiger partial charge in [-0.2, -0.15) is 0 Å². The highest BCUT2D eigenvalue weighted by Crippen LogP contribution is 2.37. The molecule has 3 N–H and O–H groups in total. The van der Waals surface area contributed by atoms with Gasteiger partial charge in [0.2, 0.25) is 5.91 Å². The minimum Gasteiger partial charge on any atom is -0.503 e. The number of ketones is 1. The number of carbonyl (C=O) groups excluding carboxylic acids is 3. The number of carbonyl (C=O) groups is 3. The third-order valence-corrected chi connectivity index (χ3v) is 3.43. The average Bonchev–Trinajstić information content (AvgIpc) is 2.71. The van der Waals surface area contributed by atoms with Crippen molar-refractivity contribution in [2.45, 2.75) is 13.0 Å². The van der Waals surface area contributed by atoms with Gasteiger partial charge in [0.25, 0.3) is 11.6 Å². The molecular formula is C14H13N3O6. The highest BCUT2D eigenvalue weighted by Gasteiger charge is 2.42. The fraction of sp³-hybridized carbons (Fsp3) is 0.214. The van der Waals surface area contributed by atoms with Crippen molar-refractivity contribution in [1.29, 1.82) is 0 Å². The maximum absolute atomic E-state index is 12.1. The first-order valence-electron chi connectivity index (χ1n) is 6.51. The number of amides is 2. The van der Waals surface area contributed by atoms with Crippen LogP contribution in [0.1, 0.15) is 18.5 Å². The molecule has 1 aliphatic heterocycles. The summed E-state index contributed by atoms with van der Waals surface area (Å²) in [5.41, 5.74) is 5.10. The van der Waals surface area contributed by atoms with Crippen LogP contribution >= 0.6 is 0 Å². The number of nitro benzene ring substituents is 1. The summed E-state index contributed by atoms with van der Waals surface area (Å²) in [5, 5.41) is 20.6. The van der Waals surface area contributed by atoms with E-state index in [9.17, 15) is 29.6 Å². The number of nitrogens with two attached hydrogens (primary N) is 1. The summed E-state index contributed by atoms with van der Waals surface area (Å²) in [7, 11) is 0. The third-order valence-electron chi connectivity index (χ3n) is 3.43. The number of hydrogen-bond donors (Lipinski definition) is 2. The normalized spacial score (nSPS) is 17.5. The zero-order valence-electron chi connectivity index (χ0n) is 12.1. The van der Waals surface area contributed by atoms with Gasteiger partial charge in [0.15, 0.2) is 11.5 Å². The van der Waals surface area contributed by atoms with Crippen LogP contribution in [0.3, 0.4) is 0 Å². The predicted octanol–water partition coefficient (Wildman–Crippen LogP) is 0.365. The van der Waals surface area contributed by atoms with Gasteiger partial charge in [-0.05, 0) is 24.6 Å². The van der Waals surface area contributed by atoms with Crippen LogP contribution < -0.4 is 5.73 Å². The van der Waals surface area contributed by atoms with Crippen molar-refractivity contribution >= 4 is 23.3 Å². The number of nitro groups is 1. The van der Waals surface area contributed by atoms with Gasteiger partial charge in [-0.15, -0.1) is 0 Å². The average molecular weight is 319 g/mol. The summed E-state index contributed by atoms with van der Waals surface area (Å²) in [5.74, 6) is -3.01. The molecule has 0 saturated heterocycles. The number of aliphatic hydroxyl groups is 1. The van der Waals surface area contributed by atoms with Gasteiger partial charge in [-0.1, -0.05) is 0 Å². The molecule has 0 saturated carbocycles. The standard InChI is InChI=1S/C14H13N3O6/c1-7(18)11-12(8-2-4-9(5-3-8)17(22)23)16(6-10(15)19)14(21)13(11)20/h2-5,12,20H,6H2,1H3,(H2,15,19)/t12-/m0/s1. The summed E-state index contributed by atoms with van der Waals surface area (Å²) >= 11 is 0. The molecule has 1 heterocycles. The van der Waals surface area contributed by atoms with E-state index in [-0.39, 0.29) is 11.3 Å². The number of rotatable bonds is 5. The molecule has 0 unspecified atom stereocenters. The molecule has 9 nitrogen and oxygen atoms in total. The molecule has 23 heavy (non-hydrogen) atoms. The molecule has 2 amide bonds. The largest absolute Gasteiger partial charge is 0.503 e. The fourth-order valence-electron chi connectivity index (χ4n) is 2.47. The molecule has 0 aromatic heterocycles. The second-order valence-electron chi connectivity index (χ2n) is 4.97. The second-order valence-corrected chi connectivity index (χ2v) is 4.97. The van der Waals surface area contributed by atoms with Crippen molar-refractivity contribution < 1.29 is 24.4 Å². The predicted molar refractivity (Wildman–Crippen MR) is 77.1 cm³/mol. The van der Waals surface area contributed by atoms with E-state index in [0.717, 1.165) is 4.90 Å². The molecule has 0 aliphatic carbocycles. The minimum absolute atomic E-state index is 0.169. The molecule has 1 aliphatic rings. The SMILES string of the molecule is CC(=O)C1=C(O)C(=O)N(CC(N)=O)[C@H]1c1ccc([N+](=O)[O-])cc1. The monoisotopic (exact) mass is 319 g/mol. The van der Waals surface area contributed by atoms with E-state index in [4.69, 9.17) is 5.73 Å². The van der Waals surface area contributed by atoms with Crippen LogP contribution in [-0.2, 0) is 14.4 Å². The van der Waals surface area contributed by atoms with Gasteiger partial charge >= 0.3 is 0 Å². The van der Waals surface area contributed by atoms with Gasteiger partial charge in [0.1, 0.15) is 6.54 Å². The Balaban J connectivity index is 2.52. The third kappa shape index (κ3) is 2.89. The van der Waals surface area contributed by atoms with E-state index >= 15 is 0 Å². The van der Waals surface area contributed by atoms with E-state index < -0.39 is 40.9 Å². The summed E-state index contributed by atoms with van der Waals surface area (Å²) in [6.45, 7) is 0.673. The van der Waals surface area contributed by atoms with Crippen LogP contribution in [0.5, 0.6) is 0 Å². The topological polar surface area (TPSA) is 144 Å². The summed E-state index contributed by atoms with van der Waals surface area (Å²) in [4.78, 5) is 46.1. The summed E-state index contributed by atoms with van der Waals surface area (Å²) in [6, 6.07) is 4.09. The maximum Gasteiger partial charge on any atom is 0.290 e. The molecule has 1 aromatic rings. The molecule has 0 bridgehead atoms. The number of hydrogen-bond acceptors (Lipinski definition) is 6. The Hall–Kier alpha value is -3.23. The van der Waals surface area contributed by atoms with E-state index in [1.807, 2.05) is 0 Å². The van der Waals surface area contributed by atoms with E-state index in [1.54, 1.807) is 0 Å². The molecular weight excluding hydrogens is 306 g/mol. The second kappa shape index (κ2) is 5.87. The van der Waals surface area contributed by atoms with E-state index in [0.29, 0.717) is 5.56 Å². The van der Waals surface area contributed by atoms with Crippen molar-refractivity contribution in [2.75, 3.05) is 6.54 Å². The Bertz CT molecular complexity index is 737. The molecule has 0 spiro atoms. The highest BCUT2D eigenvalue weighted by molar-refractivity contribution is 6.08. The van der Waals surface area contributed by atoms with Crippen molar-refractivity contribution in [3.05, 3.63) is 51.3 Å². The maximum atomic E-state index is 12.1. The van der Waals surface area contributed by atoms with Gasteiger partial charge in [0, 0.05) is 12.1 Å². The minimum atomic E-state index is -1.02. The molecule has 1 atom stereocenters. The number of primary amides is 1. The van der Waals surface area contributed by atoms with Crippen LogP contribution in [0, 0.1) is 10.1 Å². The van der Waals surface area contributed by atoms with Crippen molar-refractivity contribution in [2.24, 2.45) is 5.73 Å². The van der Waals surface area contributed by atoms with Gasteiger partial charge < -0.3 is 15.7 Å². The molecule has 2 rings (SSSR count). The number of nitrogens with zero attached hydrogens (tertiary/aromatic N) is 2. The first-order chi connectivity index (χ1) is 10.7. The summed E-state index contributed by atoms with van der Waals surface area (Å²) in [6.07, 6.45) is 0. The van der Waals surface area contributed by atoms with Gasteiger partial charge in [0.05, 0.1) is 16.5 Å². The Morgan fingerprint density at radius 2 is 1.91 bits per heavy atom. The quantitative estimate of drug-likeness (QED) is 0.592. The Morgan fingerprint density at radius 1 is 1.35 bits per heavy atom. The van der Waals surface area contributed by atoms with Crippen molar-refractivity contribution in [1.82, 2.24) is 4.90 Å². The van der Waals surface area contributed by atoms with Crippen LogP contribution in [0.25, 0.3) is 0 Å². The van der Waals surface area contributed by atoms with Crippen molar-refractivity contribution in [3.8, 4) is 0 Å². The lowest BCUT2D eigenvalue weighted by Crippen LogP contribution is -2.38. The van der Waals surface area contributed by atoms with Crippen LogP contribution in [0.2, 0.25) is 0 Å². The Labute approximate surface area is 130 Å². The zero-order chi connectivity index (χ0) is 17.3. The zero-order valence-corrected chi connectivity index (χ0v) is 12.1. The molecule has 0 fully saturated rings. The number of non-ortho nitro benzene ring substituents is 1.